The van der Waals surface area contributed by atoms with E-state index in [9.17, 15) is 14.0 Å². The molecule has 1 saturated heterocycles. The van der Waals surface area contributed by atoms with E-state index in [1.54, 1.807) is 6.92 Å². The number of carbonyl (C=O) groups is 2. The number of carbonyl (C=O) groups excluding carboxylic acids is 2. The van der Waals surface area contributed by atoms with Crippen molar-refractivity contribution in [3.63, 3.8) is 0 Å². The summed E-state index contributed by atoms with van der Waals surface area (Å²) in [5, 5.41) is 8.13. The molecule has 1 fully saturated rings. The molecule has 6 nitrogen and oxygen atoms in total. The van der Waals surface area contributed by atoms with Crippen molar-refractivity contribution in [2.24, 2.45) is 0 Å². The van der Waals surface area contributed by atoms with E-state index in [-0.39, 0.29) is 5.91 Å². The number of amides is 3. The molecule has 1 aromatic rings. The molecule has 2 rings (SSSR count). The second-order valence-corrected chi connectivity index (χ2v) is 5.57. The fourth-order valence-corrected chi connectivity index (χ4v) is 2.59. The van der Waals surface area contributed by atoms with Crippen molar-refractivity contribution in [3.8, 4) is 5.75 Å². The van der Waals surface area contributed by atoms with E-state index in [4.69, 9.17) is 4.74 Å². The van der Waals surface area contributed by atoms with Crippen LogP contribution < -0.4 is 20.7 Å². The molecule has 3 amide bonds. The standard InChI is InChI=1S/C16H22FN3O3/c1-10(12-9-11(17)6-7-14(12)23-2)19-16(22)20-13-5-3-4-8-18-15(13)21/h6-7,9-10,13H,3-5,8H2,1-2H3,(H,18,21)(H2,19,20,22)/t10-,13-/m0/s1. The number of ether oxygens (including phenoxy) is 1. The maximum Gasteiger partial charge on any atom is 0.315 e. The third-order valence-electron chi connectivity index (χ3n) is 3.85. The average Bonchev–Trinajstić information content (AvgIpc) is 2.72. The number of benzene rings is 1. The lowest BCUT2D eigenvalue weighted by atomic mass is 10.1. The van der Waals surface area contributed by atoms with Crippen molar-refractivity contribution in [1.82, 2.24) is 16.0 Å². The summed E-state index contributed by atoms with van der Waals surface area (Å²) < 4.78 is 18.6. The van der Waals surface area contributed by atoms with Gasteiger partial charge in [-0.2, -0.15) is 0 Å². The minimum Gasteiger partial charge on any atom is -0.496 e. The third kappa shape index (κ3) is 4.58. The summed E-state index contributed by atoms with van der Waals surface area (Å²) in [6.45, 7) is 2.36. The molecule has 2 atom stereocenters. The average molecular weight is 323 g/mol. The summed E-state index contributed by atoms with van der Waals surface area (Å²) >= 11 is 0. The Hall–Kier alpha value is -2.31. The van der Waals surface area contributed by atoms with E-state index in [1.807, 2.05) is 0 Å². The first-order valence-corrected chi connectivity index (χ1v) is 7.69. The molecule has 1 heterocycles. The predicted octanol–water partition coefficient (Wildman–Crippen LogP) is 1.86. The summed E-state index contributed by atoms with van der Waals surface area (Å²) in [7, 11) is 1.49. The van der Waals surface area contributed by atoms with Crippen LogP contribution in [-0.2, 0) is 4.79 Å². The molecule has 1 aliphatic heterocycles. The summed E-state index contributed by atoms with van der Waals surface area (Å²) in [5.74, 6) is -0.0851. The van der Waals surface area contributed by atoms with Crippen LogP contribution in [0.15, 0.2) is 18.2 Å². The van der Waals surface area contributed by atoms with Gasteiger partial charge in [0.15, 0.2) is 0 Å². The topological polar surface area (TPSA) is 79.5 Å². The normalized spacial score (nSPS) is 19.3. The van der Waals surface area contributed by atoms with Gasteiger partial charge in [0, 0.05) is 12.1 Å². The van der Waals surface area contributed by atoms with Crippen molar-refractivity contribution in [2.75, 3.05) is 13.7 Å². The first kappa shape index (κ1) is 17.1. The maximum atomic E-state index is 13.4. The van der Waals surface area contributed by atoms with Crippen LogP contribution in [0.5, 0.6) is 5.75 Å². The van der Waals surface area contributed by atoms with E-state index in [1.165, 1.54) is 25.3 Å². The van der Waals surface area contributed by atoms with Crippen molar-refractivity contribution in [3.05, 3.63) is 29.6 Å². The molecule has 0 aliphatic carbocycles. The van der Waals surface area contributed by atoms with Crippen LogP contribution in [-0.4, -0.2) is 31.6 Å². The monoisotopic (exact) mass is 323 g/mol. The van der Waals surface area contributed by atoms with Crippen LogP contribution in [0, 0.1) is 5.82 Å². The zero-order valence-corrected chi connectivity index (χ0v) is 13.3. The van der Waals surface area contributed by atoms with Gasteiger partial charge < -0.3 is 20.7 Å². The Morgan fingerprint density at radius 2 is 2.22 bits per heavy atom. The Morgan fingerprint density at radius 1 is 1.43 bits per heavy atom. The van der Waals surface area contributed by atoms with Gasteiger partial charge in [0.2, 0.25) is 5.91 Å². The Bertz CT molecular complexity index is 580. The maximum absolute atomic E-state index is 13.4. The summed E-state index contributed by atoms with van der Waals surface area (Å²) in [5.41, 5.74) is 0.535. The van der Waals surface area contributed by atoms with Gasteiger partial charge in [0.25, 0.3) is 0 Å². The summed E-state index contributed by atoms with van der Waals surface area (Å²) in [6.07, 6.45) is 2.39. The van der Waals surface area contributed by atoms with Gasteiger partial charge >= 0.3 is 6.03 Å². The lowest BCUT2D eigenvalue weighted by molar-refractivity contribution is -0.122. The van der Waals surface area contributed by atoms with Gasteiger partial charge in [-0.3, -0.25) is 4.79 Å². The molecule has 0 bridgehead atoms. The van der Waals surface area contributed by atoms with E-state index >= 15 is 0 Å². The van der Waals surface area contributed by atoms with Gasteiger partial charge in [0.05, 0.1) is 13.2 Å². The summed E-state index contributed by atoms with van der Waals surface area (Å²) in [4.78, 5) is 23.9. The Kier molecular flexibility index (Phi) is 5.78. The SMILES string of the molecule is COc1ccc(F)cc1[C@H](C)NC(=O)N[C@H]1CCCCNC1=O. The number of rotatable bonds is 4. The molecular formula is C16H22FN3O3. The Labute approximate surface area is 134 Å². The fraction of sp³-hybridized carbons (Fsp3) is 0.500. The number of methoxy groups -OCH3 is 1. The lowest BCUT2D eigenvalue weighted by Crippen LogP contribution is -2.49. The number of hydrogen-bond acceptors (Lipinski definition) is 3. The van der Waals surface area contributed by atoms with Crippen LogP contribution in [0.4, 0.5) is 9.18 Å². The van der Waals surface area contributed by atoms with E-state index in [2.05, 4.69) is 16.0 Å². The highest BCUT2D eigenvalue weighted by atomic mass is 19.1. The van der Waals surface area contributed by atoms with Crippen LogP contribution >= 0.6 is 0 Å². The highest BCUT2D eigenvalue weighted by molar-refractivity contribution is 5.87. The Morgan fingerprint density at radius 3 is 2.96 bits per heavy atom. The second kappa shape index (κ2) is 7.80. The lowest BCUT2D eigenvalue weighted by Gasteiger charge is -2.20. The number of nitrogens with one attached hydrogen (secondary N) is 3. The molecule has 1 aromatic carbocycles. The van der Waals surface area contributed by atoms with Crippen molar-refractivity contribution < 1.29 is 18.7 Å². The third-order valence-corrected chi connectivity index (χ3v) is 3.85. The molecule has 0 saturated carbocycles. The highest BCUT2D eigenvalue weighted by Gasteiger charge is 2.23. The highest BCUT2D eigenvalue weighted by Crippen LogP contribution is 2.25. The van der Waals surface area contributed by atoms with E-state index in [0.29, 0.717) is 24.3 Å². The molecular weight excluding hydrogens is 301 g/mol. The second-order valence-electron chi connectivity index (χ2n) is 5.57. The zero-order valence-electron chi connectivity index (χ0n) is 13.3. The minimum atomic E-state index is -0.542. The van der Waals surface area contributed by atoms with Gasteiger partial charge in [0.1, 0.15) is 17.6 Å². The minimum absolute atomic E-state index is 0.173. The molecule has 1 aliphatic rings. The van der Waals surface area contributed by atoms with Crippen LogP contribution in [0.1, 0.15) is 37.8 Å². The van der Waals surface area contributed by atoms with Crippen LogP contribution in [0.2, 0.25) is 0 Å². The molecule has 126 valence electrons. The molecule has 0 unspecified atom stereocenters. The van der Waals surface area contributed by atoms with Gasteiger partial charge in [-0.15, -0.1) is 0 Å². The van der Waals surface area contributed by atoms with Gasteiger partial charge in [-0.25, -0.2) is 9.18 Å². The van der Waals surface area contributed by atoms with E-state index < -0.39 is 23.9 Å². The fourth-order valence-electron chi connectivity index (χ4n) is 2.59. The van der Waals surface area contributed by atoms with Gasteiger partial charge in [-0.05, 0) is 44.4 Å². The quantitative estimate of drug-likeness (QED) is 0.791. The first-order chi connectivity index (χ1) is 11.0. The smallest absolute Gasteiger partial charge is 0.315 e. The molecule has 3 N–H and O–H groups in total. The largest absolute Gasteiger partial charge is 0.496 e. The van der Waals surface area contributed by atoms with Crippen LogP contribution in [0.25, 0.3) is 0 Å². The molecule has 0 aromatic heterocycles. The number of urea groups is 1. The zero-order chi connectivity index (χ0) is 16.8. The molecule has 7 heteroatoms. The van der Waals surface area contributed by atoms with Crippen LogP contribution in [0.3, 0.4) is 0 Å². The molecule has 23 heavy (non-hydrogen) atoms. The Balaban J connectivity index is 1.99. The summed E-state index contributed by atoms with van der Waals surface area (Å²) in [6, 6.07) is 2.66. The number of hydrogen-bond donors (Lipinski definition) is 3. The molecule has 0 spiro atoms. The van der Waals surface area contributed by atoms with Crippen molar-refractivity contribution >= 4 is 11.9 Å². The van der Waals surface area contributed by atoms with E-state index in [0.717, 1.165) is 12.8 Å². The van der Waals surface area contributed by atoms with Gasteiger partial charge in [-0.1, -0.05) is 0 Å². The van der Waals surface area contributed by atoms with Crippen molar-refractivity contribution in [1.29, 1.82) is 0 Å². The first-order valence-electron chi connectivity index (χ1n) is 7.69. The predicted molar refractivity (Wildman–Crippen MR) is 83.7 cm³/mol. The van der Waals surface area contributed by atoms with Crippen molar-refractivity contribution in [2.45, 2.75) is 38.3 Å². The molecule has 0 radical (unpaired) electrons. The number of halogens is 1.